The first-order chi connectivity index (χ1) is 8.72. The highest BCUT2D eigenvalue weighted by molar-refractivity contribution is 9.10. The lowest BCUT2D eigenvalue weighted by atomic mass is 10.2. The van der Waals surface area contributed by atoms with Crippen LogP contribution in [0.15, 0.2) is 41.1 Å². The van der Waals surface area contributed by atoms with Crippen molar-refractivity contribution in [2.75, 3.05) is 19.5 Å². The molecule has 0 saturated heterocycles. The monoisotopic (exact) mass is 308 g/mol. The minimum absolute atomic E-state index is 0.686. The molecule has 1 aromatic heterocycles. The summed E-state index contributed by atoms with van der Waals surface area (Å²) in [5.74, 6) is 1.39. The fourth-order valence-electron chi connectivity index (χ4n) is 1.56. The number of nitrogens with one attached hydrogen (secondary N) is 1. The molecule has 1 aromatic carbocycles. The molecule has 5 heteroatoms. The van der Waals surface area contributed by atoms with Gasteiger partial charge < -0.3 is 14.8 Å². The Morgan fingerprint density at radius 1 is 1.00 bits per heavy atom. The molecule has 4 nitrogen and oxygen atoms in total. The van der Waals surface area contributed by atoms with E-state index in [1.165, 1.54) is 0 Å². The molecule has 2 aromatic rings. The van der Waals surface area contributed by atoms with Crippen LogP contribution in [0.3, 0.4) is 0 Å². The summed E-state index contributed by atoms with van der Waals surface area (Å²) in [6, 6.07) is 7.60. The van der Waals surface area contributed by atoms with Crippen molar-refractivity contribution >= 4 is 27.3 Å². The van der Waals surface area contributed by atoms with Crippen LogP contribution in [-0.4, -0.2) is 19.2 Å². The lowest BCUT2D eigenvalue weighted by Gasteiger charge is -2.11. The Bertz CT molecular complexity index is 546. The molecule has 1 N–H and O–H groups in total. The van der Waals surface area contributed by atoms with Crippen LogP contribution in [0.25, 0.3) is 0 Å². The zero-order valence-electron chi connectivity index (χ0n) is 10.1. The fourth-order valence-corrected chi connectivity index (χ4v) is 1.93. The van der Waals surface area contributed by atoms with Crippen molar-refractivity contribution in [3.8, 4) is 11.5 Å². The van der Waals surface area contributed by atoms with E-state index in [1.54, 1.807) is 26.6 Å². The van der Waals surface area contributed by atoms with Crippen molar-refractivity contribution in [3.63, 3.8) is 0 Å². The molecule has 2 rings (SSSR count). The fraction of sp³-hybridized carbons (Fsp3) is 0.154. The Labute approximate surface area is 114 Å². The number of aromatic nitrogens is 1. The zero-order valence-corrected chi connectivity index (χ0v) is 11.7. The molecule has 0 aliphatic heterocycles. The highest BCUT2D eigenvalue weighted by Gasteiger charge is 2.04. The number of pyridine rings is 1. The minimum Gasteiger partial charge on any atom is -0.493 e. The maximum Gasteiger partial charge on any atom is 0.162 e. The molecule has 94 valence electrons. The van der Waals surface area contributed by atoms with E-state index in [0.29, 0.717) is 11.5 Å². The summed E-state index contributed by atoms with van der Waals surface area (Å²) >= 11 is 3.38. The average Bonchev–Trinajstić information content (AvgIpc) is 2.38. The van der Waals surface area contributed by atoms with Crippen LogP contribution in [0, 0.1) is 0 Å². The summed E-state index contributed by atoms with van der Waals surface area (Å²) in [7, 11) is 3.23. The Morgan fingerprint density at radius 2 is 1.78 bits per heavy atom. The number of methoxy groups -OCH3 is 2. The predicted octanol–water partition coefficient (Wildman–Crippen LogP) is 3.60. The molecule has 18 heavy (non-hydrogen) atoms. The number of rotatable bonds is 4. The number of halogens is 1. The molecule has 0 saturated carbocycles. The van der Waals surface area contributed by atoms with Crippen LogP contribution < -0.4 is 14.8 Å². The van der Waals surface area contributed by atoms with Gasteiger partial charge in [-0.1, -0.05) is 0 Å². The number of hydrogen-bond donors (Lipinski definition) is 1. The standard InChI is InChI=1S/C13H13BrN2O2/c1-17-12-4-3-10(6-13(12)18-2)16-11-5-9(14)7-15-8-11/h3-8,16H,1-2H3. The smallest absolute Gasteiger partial charge is 0.162 e. The van der Waals surface area contributed by atoms with Gasteiger partial charge in [-0.2, -0.15) is 0 Å². The highest BCUT2D eigenvalue weighted by atomic mass is 79.9. The van der Waals surface area contributed by atoms with Crippen molar-refractivity contribution in [1.82, 2.24) is 4.98 Å². The quantitative estimate of drug-likeness (QED) is 0.937. The van der Waals surface area contributed by atoms with Crippen molar-refractivity contribution in [3.05, 3.63) is 41.1 Å². The molecule has 0 spiro atoms. The third-order valence-electron chi connectivity index (χ3n) is 2.38. The Hall–Kier alpha value is -1.75. The molecule has 0 fully saturated rings. The van der Waals surface area contributed by atoms with Gasteiger partial charge in [0.2, 0.25) is 0 Å². The minimum atomic E-state index is 0.686. The largest absolute Gasteiger partial charge is 0.493 e. The molecule has 0 aliphatic rings. The second-order valence-electron chi connectivity index (χ2n) is 3.59. The first-order valence-corrected chi connectivity index (χ1v) is 6.12. The van der Waals surface area contributed by atoms with Gasteiger partial charge in [-0.25, -0.2) is 0 Å². The molecule has 1 heterocycles. The zero-order chi connectivity index (χ0) is 13.0. The second-order valence-corrected chi connectivity index (χ2v) is 4.50. The highest BCUT2D eigenvalue weighted by Crippen LogP contribution is 2.31. The molecule has 0 aliphatic carbocycles. The van der Waals surface area contributed by atoms with Crippen molar-refractivity contribution in [2.24, 2.45) is 0 Å². The van der Waals surface area contributed by atoms with Gasteiger partial charge in [0.1, 0.15) is 0 Å². The van der Waals surface area contributed by atoms with Crippen molar-refractivity contribution in [2.45, 2.75) is 0 Å². The van der Waals surface area contributed by atoms with Crippen LogP contribution in [0.2, 0.25) is 0 Å². The number of benzene rings is 1. The van der Waals surface area contributed by atoms with Gasteiger partial charge in [0.05, 0.1) is 26.1 Å². The van der Waals surface area contributed by atoms with Crippen LogP contribution in [-0.2, 0) is 0 Å². The number of anilines is 2. The molecular formula is C13H13BrN2O2. The molecular weight excluding hydrogens is 296 g/mol. The van der Waals surface area contributed by atoms with Gasteiger partial charge in [0, 0.05) is 22.4 Å². The van der Waals surface area contributed by atoms with E-state index in [4.69, 9.17) is 9.47 Å². The summed E-state index contributed by atoms with van der Waals surface area (Å²) in [5.41, 5.74) is 1.81. The van der Waals surface area contributed by atoms with Crippen LogP contribution >= 0.6 is 15.9 Å². The Morgan fingerprint density at radius 3 is 2.44 bits per heavy atom. The average molecular weight is 309 g/mol. The molecule has 0 bridgehead atoms. The van der Waals surface area contributed by atoms with Crippen LogP contribution in [0.1, 0.15) is 0 Å². The Balaban J connectivity index is 2.24. The lowest BCUT2D eigenvalue weighted by Crippen LogP contribution is -1.94. The predicted molar refractivity (Wildman–Crippen MR) is 74.8 cm³/mol. The van der Waals surface area contributed by atoms with Gasteiger partial charge >= 0.3 is 0 Å². The molecule has 0 unspecified atom stereocenters. The summed E-state index contributed by atoms with van der Waals surface area (Å²) in [4.78, 5) is 4.09. The summed E-state index contributed by atoms with van der Waals surface area (Å²) in [6.07, 6.45) is 3.49. The molecule has 0 amide bonds. The third-order valence-corrected chi connectivity index (χ3v) is 2.81. The van der Waals surface area contributed by atoms with Crippen molar-refractivity contribution < 1.29 is 9.47 Å². The SMILES string of the molecule is COc1ccc(Nc2cncc(Br)c2)cc1OC. The van der Waals surface area contributed by atoms with Gasteiger partial charge in [-0.3, -0.25) is 4.98 Å². The maximum absolute atomic E-state index is 5.25. The van der Waals surface area contributed by atoms with Gasteiger partial charge in [0.25, 0.3) is 0 Å². The van der Waals surface area contributed by atoms with E-state index >= 15 is 0 Å². The molecule has 0 atom stereocenters. The van der Waals surface area contributed by atoms with Crippen LogP contribution in [0.4, 0.5) is 11.4 Å². The topological polar surface area (TPSA) is 43.4 Å². The first-order valence-electron chi connectivity index (χ1n) is 5.32. The maximum atomic E-state index is 5.25. The van der Waals surface area contributed by atoms with Crippen LogP contribution in [0.5, 0.6) is 11.5 Å². The van der Waals surface area contributed by atoms with Gasteiger partial charge in [-0.05, 0) is 34.1 Å². The number of ether oxygens (including phenoxy) is 2. The second kappa shape index (κ2) is 5.73. The van der Waals surface area contributed by atoms with Crippen molar-refractivity contribution in [1.29, 1.82) is 0 Å². The van der Waals surface area contributed by atoms with E-state index in [0.717, 1.165) is 15.8 Å². The Kier molecular flexibility index (Phi) is 4.04. The van der Waals surface area contributed by atoms with E-state index in [-0.39, 0.29) is 0 Å². The lowest BCUT2D eigenvalue weighted by molar-refractivity contribution is 0.355. The number of nitrogens with zero attached hydrogens (tertiary/aromatic N) is 1. The van der Waals surface area contributed by atoms with Gasteiger partial charge in [0.15, 0.2) is 11.5 Å². The van der Waals surface area contributed by atoms with E-state index in [1.807, 2.05) is 24.3 Å². The first kappa shape index (κ1) is 12.7. The van der Waals surface area contributed by atoms with E-state index < -0.39 is 0 Å². The summed E-state index contributed by atoms with van der Waals surface area (Å²) in [6.45, 7) is 0. The van der Waals surface area contributed by atoms with Gasteiger partial charge in [-0.15, -0.1) is 0 Å². The summed E-state index contributed by atoms with van der Waals surface area (Å²) in [5, 5.41) is 3.24. The van der Waals surface area contributed by atoms with E-state index in [2.05, 4.69) is 26.2 Å². The third kappa shape index (κ3) is 2.92. The normalized spacial score (nSPS) is 9.94. The number of hydrogen-bond acceptors (Lipinski definition) is 4. The molecule has 0 radical (unpaired) electrons. The van der Waals surface area contributed by atoms with E-state index in [9.17, 15) is 0 Å². The summed E-state index contributed by atoms with van der Waals surface area (Å²) < 4.78 is 11.4.